The maximum absolute atomic E-state index is 12.9. The van der Waals surface area contributed by atoms with Crippen LogP contribution in [0.2, 0.25) is 5.02 Å². The van der Waals surface area contributed by atoms with Gasteiger partial charge in [-0.1, -0.05) is 23.4 Å². The van der Waals surface area contributed by atoms with Crippen molar-refractivity contribution >= 4 is 33.3 Å². The number of sulfonamides is 1. The lowest BCUT2D eigenvalue weighted by molar-refractivity contribution is -0.140. The number of esters is 1. The molecule has 0 fully saturated rings. The van der Waals surface area contributed by atoms with Crippen molar-refractivity contribution in [2.75, 3.05) is 25.0 Å². The zero-order valence-corrected chi connectivity index (χ0v) is 17.8. The van der Waals surface area contributed by atoms with E-state index in [2.05, 4.69) is 21.3 Å². The van der Waals surface area contributed by atoms with Gasteiger partial charge < -0.3 is 14.2 Å². The Kier molecular flexibility index (Phi) is 7.08. The molecule has 1 aliphatic heterocycles. The molecule has 0 aromatic heterocycles. The fourth-order valence-electron chi connectivity index (χ4n) is 2.68. The van der Waals surface area contributed by atoms with E-state index in [9.17, 15) is 13.2 Å². The van der Waals surface area contributed by atoms with Crippen molar-refractivity contribution in [3.05, 3.63) is 47.0 Å². The lowest BCUT2D eigenvalue weighted by atomic mass is 10.1. The molecule has 0 saturated carbocycles. The molecule has 9 heteroatoms. The summed E-state index contributed by atoms with van der Waals surface area (Å²) in [5.74, 6) is 6.43. The molecule has 0 amide bonds. The number of carbonyl (C=O) groups is 1. The summed E-state index contributed by atoms with van der Waals surface area (Å²) >= 11 is 6.05. The Morgan fingerprint density at radius 3 is 2.70 bits per heavy atom. The standard InChI is InChI=1S/C21H20ClNO6S/c1-27-21(24)6-4-2-3-5-15-13-16(22)7-9-18(15)23-30(25,26)17-8-10-19-20(14-17)29-12-11-28-19/h7-10,13-14,23H,2,4,6,11-12H2,1H3. The number of methoxy groups -OCH3 is 1. The van der Waals surface area contributed by atoms with Crippen LogP contribution in [0.25, 0.3) is 0 Å². The first kappa shape index (κ1) is 21.8. The molecule has 0 radical (unpaired) electrons. The molecular weight excluding hydrogens is 430 g/mol. The molecule has 1 aliphatic rings. The van der Waals surface area contributed by atoms with Crippen LogP contribution in [0.15, 0.2) is 41.3 Å². The van der Waals surface area contributed by atoms with Crippen LogP contribution in [-0.4, -0.2) is 34.7 Å². The second-order valence-corrected chi connectivity index (χ2v) is 8.45. The van der Waals surface area contributed by atoms with Gasteiger partial charge in [-0.05, 0) is 36.8 Å². The van der Waals surface area contributed by atoms with Crippen LogP contribution in [0.3, 0.4) is 0 Å². The van der Waals surface area contributed by atoms with Gasteiger partial charge >= 0.3 is 5.97 Å². The smallest absolute Gasteiger partial charge is 0.305 e. The Morgan fingerprint density at radius 1 is 1.17 bits per heavy atom. The van der Waals surface area contributed by atoms with Crippen LogP contribution < -0.4 is 14.2 Å². The third-order valence-corrected chi connectivity index (χ3v) is 5.78. The Labute approximate surface area is 180 Å². The molecule has 1 N–H and O–H groups in total. The lowest BCUT2D eigenvalue weighted by Gasteiger charge is -2.19. The van der Waals surface area contributed by atoms with Crippen molar-refractivity contribution in [2.45, 2.75) is 24.2 Å². The minimum atomic E-state index is -3.89. The van der Waals surface area contributed by atoms with Crippen LogP contribution in [0.4, 0.5) is 5.69 Å². The van der Waals surface area contributed by atoms with E-state index in [4.69, 9.17) is 21.1 Å². The fourth-order valence-corrected chi connectivity index (χ4v) is 3.95. The first-order valence-electron chi connectivity index (χ1n) is 9.17. The zero-order chi connectivity index (χ0) is 21.6. The number of fused-ring (bicyclic) bond motifs is 1. The van der Waals surface area contributed by atoms with Gasteiger partial charge in [-0.25, -0.2) is 8.42 Å². The van der Waals surface area contributed by atoms with Crippen molar-refractivity contribution < 1.29 is 27.4 Å². The van der Waals surface area contributed by atoms with Crippen LogP contribution in [0.5, 0.6) is 11.5 Å². The third-order valence-electron chi connectivity index (χ3n) is 4.18. The van der Waals surface area contributed by atoms with Gasteiger partial charge in [0.1, 0.15) is 13.2 Å². The Balaban J connectivity index is 1.78. The quantitative estimate of drug-likeness (QED) is 0.411. The van der Waals surface area contributed by atoms with Crippen molar-refractivity contribution in [3.63, 3.8) is 0 Å². The number of ether oxygens (including phenoxy) is 3. The van der Waals surface area contributed by atoms with E-state index in [1.165, 1.54) is 19.2 Å². The molecule has 0 saturated heterocycles. The van der Waals surface area contributed by atoms with Gasteiger partial charge in [0.25, 0.3) is 10.0 Å². The lowest BCUT2D eigenvalue weighted by Crippen LogP contribution is -2.17. The molecule has 1 heterocycles. The molecule has 7 nitrogen and oxygen atoms in total. The van der Waals surface area contributed by atoms with Gasteiger partial charge in [-0.15, -0.1) is 0 Å². The molecule has 158 valence electrons. The molecular formula is C21H20ClNO6S. The summed E-state index contributed by atoms with van der Waals surface area (Å²) in [4.78, 5) is 11.2. The topological polar surface area (TPSA) is 90.9 Å². The number of rotatable bonds is 6. The highest BCUT2D eigenvalue weighted by Gasteiger charge is 2.20. The van der Waals surface area contributed by atoms with Crippen LogP contribution in [-0.2, 0) is 19.6 Å². The Morgan fingerprint density at radius 2 is 1.93 bits per heavy atom. The Hall–Kier alpha value is -2.89. The molecule has 30 heavy (non-hydrogen) atoms. The minimum absolute atomic E-state index is 0.0405. The molecule has 3 rings (SSSR count). The molecule has 0 bridgehead atoms. The van der Waals surface area contributed by atoms with E-state index in [0.717, 1.165) is 0 Å². The number of unbranched alkanes of at least 4 members (excludes halogenated alkanes) is 1. The number of carbonyl (C=O) groups excluding carboxylic acids is 1. The monoisotopic (exact) mass is 449 g/mol. The van der Waals surface area contributed by atoms with Crippen molar-refractivity contribution in [1.29, 1.82) is 0 Å². The van der Waals surface area contributed by atoms with E-state index in [1.54, 1.807) is 24.3 Å². The summed E-state index contributed by atoms with van der Waals surface area (Å²) in [5.41, 5.74) is 0.733. The molecule has 0 unspecified atom stereocenters. The van der Waals surface area contributed by atoms with E-state index < -0.39 is 10.0 Å². The zero-order valence-electron chi connectivity index (χ0n) is 16.2. The van der Waals surface area contributed by atoms with Crippen LogP contribution in [0, 0.1) is 11.8 Å². The average Bonchev–Trinajstić information content (AvgIpc) is 2.74. The number of hydrogen-bond acceptors (Lipinski definition) is 6. The summed E-state index contributed by atoms with van der Waals surface area (Å²) in [5, 5.41) is 0.427. The molecule has 0 spiro atoms. The predicted octanol–water partition coefficient (Wildman–Crippen LogP) is 3.61. The normalized spacial score (nSPS) is 12.5. The number of halogens is 1. The summed E-state index contributed by atoms with van der Waals surface area (Å²) in [7, 11) is -2.56. The van der Waals surface area contributed by atoms with Crippen LogP contribution >= 0.6 is 11.6 Å². The third kappa shape index (κ3) is 5.59. The van der Waals surface area contributed by atoms with Crippen molar-refractivity contribution in [1.82, 2.24) is 0 Å². The van der Waals surface area contributed by atoms with Gasteiger partial charge in [0.2, 0.25) is 0 Å². The van der Waals surface area contributed by atoms with E-state index in [0.29, 0.717) is 53.8 Å². The molecule has 0 atom stereocenters. The van der Waals surface area contributed by atoms with Gasteiger partial charge in [0.05, 0.1) is 23.3 Å². The number of nitrogens with one attached hydrogen (secondary N) is 1. The maximum atomic E-state index is 12.9. The van der Waals surface area contributed by atoms with Gasteiger partial charge in [0.15, 0.2) is 11.5 Å². The second-order valence-electron chi connectivity index (χ2n) is 6.33. The second kappa shape index (κ2) is 9.74. The largest absolute Gasteiger partial charge is 0.486 e. The highest BCUT2D eigenvalue weighted by atomic mass is 35.5. The van der Waals surface area contributed by atoms with Gasteiger partial charge in [-0.3, -0.25) is 9.52 Å². The first-order valence-corrected chi connectivity index (χ1v) is 11.0. The van der Waals surface area contributed by atoms with E-state index in [1.807, 2.05) is 0 Å². The summed E-state index contributed by atoms with van der Waals surface area (Å²) in [6, 6.07) is 9.14. The maximum Gasteiger partial charge on any atom is 0.305 e. The van der Waals surface area contributed by atoms with E-state index in [-0.39, 0.29) is 17.3 Å². The molecule has 0 aliphatic carbocycles. The summed E-state index contributed by atoms with van der Waals surface area (Å²) < 4.78 is 43.8. The number of hydrogen-bond donors (Lipinski definition) is 1. The highest BCUT2D eigenvalue weighted by molar-refractivity contribution is 7.92. The SMILES string of the molecule is COC(=O)CCCC#Cc1cc(Cl)ccc1NS(=O)(=O)c1ccc2c(c1)OCCO2. The summed E-state index contributed by atoms with van der Waals surface area (Å²) in [6.45, 7) is 0.778. The highest BCUT2D eigenvalue weighted by Crippen LogP contribution is 2.33. The van der Waals surface area contributed by atoms with Crippen LogP contribution in [0.1, 0.15) is 24.8 Å². The number of benzene rings is 2. The van der Waals surface area contributed by atoms with Crippen molar-refractivity contribution in [3.8, 4) is 23.3 Å². The van der Waals surface area contributed by atoms with Gasteiger partial charge in [-0.2, -0.15) is 0 Å². The molecule has 2 aromatic rings. The van der Waals surface area contributed by atoms with Gasteiger partial charge in [0, 0.05) is 23.9 Å². The fraction of sp³-hybridized carbons (Fsp3) is 0.286. The Bertz CT molecular complexity index is 1100. The number of anilines is 1. The first-order chi connectivity index (χ1) is 14.4. The minimum Gasteiger partial charge on any atom is -0.486 e. The molecule has 2 aromatic carbocycles. The summed E-state index contributed by atoms with van der Waals surface area (Å²) in [6.07, 6.45) is 1.26. The average molecular weight is 450 g/mol. The van der Waals surface area contributed by atoms with Crippen molar-refractivity contribution in [2.24, 2.45) is 0 Å². The van der Waals surface area contributed by atoms with E-state index >= 15 is 0 Å². The predicted molar refractivity (Wildman–Crippen MR) is 112 cm³/mol.